The second-order valence-corrected chi connectivity index (χ2v) is 12.3. The SMILES string of the molecule is N#Cc1ccc2c(c1)c1ccccc1n2-c1ccccc1-c1cccc(-c2ccc(C#N)c(-n3c4ccccc4c4ccc(C#N)cc43)c2)c1. The lowest BCUT2D eigenvalue weighted by Crippen LogP contribution is -1.99. The maximum atomic E-state index is 10.3. The van der Waals surface area contributed by atoms with Crippen LogP contribution in [-0.2, 0) is 0 Å². The van der Waals surface area contributed by atoms with Gasteiger partial charge in [0.2, 0.25) is 0 Å². The van der Waals surface area contributed by atoms with Crippen LogP contribution in [0.3, 0.4) is 0 Å². The Morgan fingerprint density at radius 2 is 0.960 bits per heavy atom. The van der Waals surface area contributed by atoms with Gasteiger partial charge < -0.3 is 9.13 Å². The molecule has 2 aromatic heterocycles. The molecule has 5 heteroatoms. The molecule has 0 aliphatic carbocycles. The molecule has 0 radical (unpaired) electrons. The molecule has 9 aromatic rings. The van der Waals surface area contributed by atoms with Gasteiger partial charge in [0.15, 0.2) is 0 Å². The van der Waals surface area contributed by atoms with Crippen LogP contribution >= 0.6 is 0 Å². The average Bonchev–Trinajstić information content (AvgIpc) is 3.69. The summed E-state index contributed by atoms with van der Waals surface area (Å²) >= 11 is 0. The number of fused-ring (bicyclic) bond motifs is 6. The maximum Gasteiger partial charge on any atom is 0.101 e. The second-order valence-electron chi connectivity index (χ2n) is 12.3. The van der Waals surface area contributed by atoms with Gasteiger partial charge in [0.1, 0.15) is 6.07 Å². The molecule has 0 fully saturated rings. The lowest BCUT2D eigenvalue weighted by Gasteiger charge is -2.16. The van der Waals surface area contributed by atoms with Gasteiger partial charge in [-0.3, -0.25) is 0 Å². The van der Waals surface area contributed by atoms with Gasteiger partial charge in [0.25, 0.3) is 0 Å². The number of para-hydroxylation sites is 3. The predicted molar refractivity (Wildman–Crippen MR) is 200 cm³/mol. The number of nitrogens with zero attached hydrogens (tertiary/aromatic N) is 5. The number of nitriles is 3. The number of hydrogen-bond donors (Lipinski definition) is 0. The first kappa shape index (κ1) is 28.8. The van der Waals surface area contributed by atoms with Crippen LogP contribution in [0.4, 0.5) is 0 Å². The third-order valence-corrected chi connectivity index (χ3v) is 9.62. The largest absolute Gasteiger partial charge is 0.309 e. The highest BCUT2D eigenvalue weighted by Crippen LogP contribution is 2.39. The van der Waals surface area contributed by atoms with Crippen LogP contribution < -0.4 is 0 Å². The zero-order valence-corrected chi connectivity index (χ0v) is 26.7. The Balaban J connectivity index is 1.23. The van der Waals surface area contributed by atoms with E-state index in [1.54, 1.807) is 0 Å². The minimum absolute atomic E-state index is 0.547. The van der Waals surface area contributed by atoms with Crippen LogP contribution in [0.15, 0.2) is 152 Å². The van der Waals surface area contributed by atoms with Crippen LogP contribution in [0.5, 0.6) is 0 Å². The highest BCUT2D eigenvalue weighted by atomic mass is 15.0. The van der Waals surface area contributed by atoms with Gasteiger partial charge in [-0.25, -0.2) is 0 Å². The summed E-state index contributed by atoms with van der Waals surface area (Å²) in [6, 6.07) is 57.9. The first-order valence-electron chi connectivity index (χ1n) is 16.3. The zero-order valence-electron chi connectivity index (χ0n) is 26.7. The normalized spacial score (nSPS) is 11.1. The van der Waals surface area contributed by atoms with Crippen molar-refractivity contribution in [3.05, 3.63) is 168 Å². The summed E-state index contributed by atoms with van der Waals surface area (Å²) in [5.74, 6) is 0. The summed E-state index contributed by atoms with van der Waals surface area (Å²) < 4.78 is 4.39. The van der Waals surface area contributed by atoms with E-state index in [1.807, 2.05) is 72.8 Å². The topological polar surface area (TPSA) is 81.2 Å². The Morgan fingerprint density at radius 1 is 0.360 bits per heavy atom. The molecule has 0 aliphatic heterocycles. The van der Waals surface area contributed by atoms with Gasteiger partial charge in [-0.15, -0.1) is 0 Å². The van der Waals surface area contributed by atoms with Crippen LogP contribution in [0, 0.1) is 34.0 Å². The molecule has 5 nitrogen and oxygen atoms in total. The van der Waals surface area contributed by atoms with Gasteiger partial charge in [-0.1, -0.05) is 84.9 Å². The number of benzene rings is 7. The van der Waals surface area contributed by atoms with Crippen LogP contribution in [0.25, 0.3) is 77.2 Å². The highest BCUT2D eigenvalue weighted by Gasteiger charge is 2.18. The first-order valence-corrected chi connectivity index (χ1v) is 16.3. The highest BCUT2D eigenvalue weighted by molar-refractivity contribution is 6.11. The van der Waals surface area contributed by atoms with Crippen LogP contribution in [0.1, 0.15) is 16.7 Å². The zero-order chi connectivity index (χ0) is 33.8. The summed E-state index contributed by atoms with van der Waals surface area (Å²) in [6.07, 6.45) is 0. The fraction of sp³-hybridized carbons (Fsp3) is 0. The van der Waals surface area contributed by atoms with Crippen molar-refractivity contribution in [2.75, 3.05) is 0 Å². The van der Waals surface area contributed by atoms with Crippen molar-refractivity contribution in [2.45, 2.75) is 0 Å². The Morgan fingerprint density at radius 3 is 1.74 bits per heavy atom. The van der Waals surface area contributed by atoms with E-state index in [0.717, 1.165) is 77.2 Å². The molecular formula is C45H25N5. The van der Waals surface area contributed by atoms with Crippen molar-refractivity contribution in [3.8, 4) is 51.8 Å². The van der Waals surface area contributed by atoms with Crippen molar-refractivity contribution in [2.24, 2.45) is 0 Å². The second kappa shape index (κ2) is 11.4. The first-order chi connectivity index (χ1) is 24.7. The molecular weight excluding hydrogens is 611 g/mol. The van der Waals surface area contributed by atoms with E-state index in [2.05, 4.69) is 106 Å². The van der Waals surface area contributed by atoms with Crippen molar-refractivity contribution >= 4 is 43.6 Å². The van der Waals surface area contributed by atoms with E-state index in [9.17, 15) is 15.8 Å². The third kappa shape index (κ3) is 4.38. The van der Waals surface area contributed by atoms with Gasteiger partial charge >= 0.3 is 0 Å². The predicted octanol–water partition coefficient (Wildman–Crippen LogP) is 10.8. The fourth-order valence-corrected chi connectivity index (χ4v) is 7.37. The van der Waals surface area contributed by atoms with E-state index < -0.39 is 0 Å². The Labute approximate surface area is 287 Å². The van der Waals surface area contributed by atoms with Crippen molar-refractivity contribution in [1.29, 1.82) is 15.8 Å². The summed E-state index contributed by atoms with van der Waals surface area (Å²) in [5.41, 5.74) is 11.6. The van der Waals surface area contributed by atoms with Crippen molar-refractivity contribution in [3.63, 3.8) is 0 Å². The Hall–Kier alpha value is -7.39. The number of aromatic nitrogens is 2. The van der Waals surface area contributed by atoms with E-state index >= 15 is 0 Å². The summed E-state index contributed by atoms with van der Waals surface area (Å²) in [5, 5.41) is 33.9. The van der Waals surface area contributed by atoms with E-state index in [0.29, 0.717) is 16.7 Å². The molecule has 230 valence electrons. The molecule has 0 saturated heterocycles. The van der Waals surface area contributed by atoms with Crippen LogP contribution in [0.2, 0.25) is 0 Å². The molecule has 50 heavy (non-hydrogen) atoms. The molecule has 0 amide bonds. The molecule has 0 aliphatic rings. The molecule has 9 rings (SSSR count). The number of rotatable bonds is 4. The molecule has 0 unspecified atom stereocenters. The van der Waals surface area contributed by atoms with Gasteiger partial charge in [0, 0.05) is 27.1 Å². The molecule has 0 bridgehead atoms. The minimum atomic E-state index is 0.547. The molecule has 7 aromatic carbocycles. The Kier molecular flexibility index (Phi) is 6.56. The van der Waals surface area contributed by atoms with Crippen LogP contribution in [-0.4, -0.2) is 9.13 Å². The smallest absolute Gasteiger partial charge is 0.101 e. The molecule has 0 saturated carbocycles. The van der Waals surface area contributed by atoms with Gasteiger partial charge in [-0.05, 0) is 83.4 Å². The maximum absolute atomic E-state index is 10.3. The molecule has 2 heterocycles. The molecule has 0 atom stereocenters. The van der Waals surface area contributed by atoms with Gasteiger partial charge in [0.05, 0.1) is 62.3 Å². The lowest BCUT2D eigenvalue weighted by molar-refractivity contribution is 1.17. The van der Waals surface area contributed by atoms with E-state index in [1.165, 1.54) is 0 Å². The lowest BCUT2D eigenvalue weighted by atomic mass is 9.96. The van der Waals surface area contributed by atoms with Crippen molar-refractivity contribution < 1.29 is 0 Å². The Bertz CT molecular complexity index is 2970. The third-order valence-electron chi connectivity index (χ3n) is 9.62. The summed E-state index contributed by atoms with van der Waals surface area (Å²) in [4.78, 5) is 0. The quantitative estimate of drug-likeness (QED) is 0.193. The van der Waals surface area contributed by atoms with E-state index in [-0.39, 0.29) is 0 Å². The molecule has 0 N–H and O–H groups in total. The van der Waals surface area contributed by atoms with E-state index in [4.69, 9.17) is 0 Å². The summed E-state index contributed by atoms with van der Waals surface area (Å²) in [7, 11) is 0. The standard InChI is InChI=1S/C45H25N5/c46-26-29-17-21-43-39(22-29)37-12-3-6-15-42(37)49(43)40-13-4-1-10-35(40)33-9-7-8-31(24-33)32-18-19-34(28-48)44(25-32)50-41-14-5-2-11-36(41)38-20-16-30(27-47)23-45(38)50/h1-25H. The minimum Gasteiger partial charge on any atom is -0.309 e. The average molecular weight is 636 g/mol. The summed E-state index contributed by atoms with van der Waals surface area (Å²) in [6.45, 7) is 0. The number of hydrogen-bond acceptors (Lipinski definition) is 3. The van der Waals surface area contributed by atoms with Crippen molar-refractivity contribution in [1.82, 2.24) is 9.13 Å². The monoisotopic (exact) mass is 635 g/mol. The van der Waals surface area contributed by atoms with Gasteiger partial charge in [-0.2, -0.15) is 15.8 Å². The molecule has 0 spiro atoms. The fourth-order valence-electron chi connectivity index (χ4n) is 7.37.